The molecule has 2 unspecified atom stereocenters. The predicted octanol–water partition coefficient (Wildman–Crippen LogP) is 1.42. The molecule has 0 spiro atoms. The molecule has 1 saturated heterocycles. The quantitative estimate of drug-likeness (QED) is 0.633. The van der Waals surface area contributed by atoms with Crippen LogP contribution in [-0.4, -0.2) is 49.9 Å². The van der Waals surface area contributed by atoms with Crippen molar-refractivity contribution in [1.29, 1.82) is 0 Å². The van der Waals surface area contributed by atoms with Crippen LogP contribution in [0.1, 0.15) is 32.1 Å². The number of hydrogen-bond acceptors (Lipinski definition) is 5. The molecular formula is C14H22N4O3. The fourth-order valence-corrected chi connectivity index (χ4v) is 3.53. The van der Waals surface area contributed by atoms with Crippen LogP contribution < -0.4 is 0 Å². The van der Waals surface area contributed by atoms with Crippen LogP contribution >= 0.6 is 0 Å². The van der Waals surface area contributed by atoms with Gasteiger partial charge in [0.1, 0.15) is 12.4 Å². The summed E-state index contributed by atoms with van der Waals surface area (Å²) in [6.45, 7) is 1.99. The largest absolute Gasteiger partial charge is 0.390 e. The molecular weight excluding hydrogens is 272 g/mol. The van der Waals surface area contributed by atoms with E-state index in [1.165, 1.54) is 49.2 Å². The van der Waals surface area contributed by atoms with Crippen LogP contribution in [0.4, 0.5) is 5.69 Å². The molecule has 2 fully saturated rings. The fourth-order valence-electron chi connectivity index (χ4n) is 3.53. The summed E-state index contributed by atoms with van der Waals surface area (Å²) in [7, 11) is 0. The van der Waals surface area contributed by atoms with Gasteiger partial charge < -0.3 is 5.11 Å². The third kappa shape index (κ3) is 3.24. The Kier molecular flexibility index (Phi) is 4.21. The summed E-state index contributed by atoms with van der Waals surface area (Å²) >= 11 is 0. The zero-order chi connectivity index (χ0) is 14.8. The summed E-state index contributed by atoms with van der Waals surface area (Å²) in [5.74, 6) is 0.811. The minimum Gasteiger partial charge on any atom is -0.390 e. The molecule has 0 aromatic carbocycles. The minimum absolute atomic E-state index is 0.0317. The second kappa shape index (κ2) is 6.11. The van der Waals surface area contributed by atoms with Crippen molar-refractivity contribution in [3.8, 4) is 0 Å². The van der Waals surface area contributed by atoms with Gasteiger partial charge in [0.15, 0.2) is 0 Å². The summed E-state index contributed by atoms with van der Waals surface area (Å²) in [4.78, 5) is 12.5. The van der Waals surface area contributed by atoms with E-state index < -0.39 is 11.0 Å². The number of nitro groups is 1. The SMILES string of the molecule is O=[N+]([O-])c1cnn(CC(O)CN2CCCC2C2CCC2)c1. The van der Waals surface area contributed by atoms with E-state index in [0.29, 0.717) is 19.1 Å². The van der Waals surface area contributed by atoms with Gasteiger partial charge in [-0.25, -0.2) is 0 Å². The van der Waals surface area contributed by atoms with Gasteiger partial charge in [0.2, 0.25) is 0 Å². The first kappa shape index (κ1) is 14.5. The van der Waals surface area contributed by atoms with Crippen molar-refractivity contribution in [2.45, 2.75) is 50.8 Å². The van der Waals surface area contributed by atoms with Crippen molar-refractivity contribution in [2.24, 2.45) is 5.92 Å². The van der Waals surface area contributed by atoms with E-state index in [0.717, 1.165) is 12.5 Å². The zero-order valence-electron chi connectivity index (χ0n) is 12.1. The van der Waals surface area contributed by atoms with Crippen LogP contribution in [0.25, 0.3) is 0 Å². The maximum atomic E-state index is 10.6. The average Bonchev–Trinajstić information content (AvgIpc) is 2.98. The number of aromatic nitrogens is 2. The Morgan fingerprint density at radius 2 is 2.19 bits per heavy atom. The first-order chi connectivity index (χ1) is 10.1. The average molecular weight is 294 g/mol. The van der Waals surface area contributed by atoms with E-state index in [2.05, 4.69) is 10.00 Å². The van der Waals surface area contributed by atoms with Crippen molar-refractivity contribution >= 4 is 5.69 Å². The summed E-state index contributed by atoms with van der Waals surface area (Å²) in [5.41, 5.74) is -0.0317. The number of nitrogens with zero attached hydrogens (tertiary/aromatic N) is 4. The maximum absolute atomic E-state index is 10.6. The first-order valence-electron chi connectivity index (χ1n) is 7.72. The van der Waals surface area contributed by atoms with Crippen LogP contribution in [0, 0.1) is 16.0 Å². The molecule has 1 aliphatic heterocycles. The molecule has 2 aliphatic rings. The van der Waals surface area contributed by atoms with Gasteiger partial charge in [-0.05, 0) is 38.1 Å². The van der Waals surface area contributed by atoms with Crippen molar-refractivity contribution in [3.05, 3.63) is 22.5 Å². The molecule has 3 rings (SSSR count). The molecule has 1 aliphatic carbocycles. The Morgan fingerprint density at radius 3 is 2.81 bits per heavy atom. The first-order valence-corrected chi connectivity index (χ1v) is 7.72. The van der Waals surface area contributed by atoms with Gasteiger partial charge in [0.25, 0.3) is 0 Å². The third-order valence-corrected chi connectivity index (χ3v) is 4.78. The normalized spacial score (nSPS) is 24.9. The zero-order valence-corrected chi connectivity index (χ0v) is 12.1. The van der Waals surface area contributed by atoms with Gasteiger partial charge in [0, 0.05) is 12.6 Å². The lowest BCUT2D eigenvalue weighted by Crippen LogP contribution is -2.43. The summed E-state index contributed by atoms with van der Waals surface area (Å²) in [6, 6.07) is 0.625. The Labute approximate surface area is 123 Å². The van der Waals surface area contributed by atoms with Gasteiger partial charge in [-0.1, -0.05) is 6.42 Å². The Morgan fingerprint density at radius 1 is 1.38 bits per heavy atom. The second-order valence-corrected chi connectivity index (χ2v) is 6.23. The predicted molar refractivity (Wildman–Crippen MR) is 76.8 cm³/mol. The van der Waals surface area contributed by atoms with Crippen molar-refractivity contribution < 1.29 is 10.0 Å². The Balaban J connectivity index is 1.52. The van der Waals surface area contributed by atoms with Gasteiger partial charge in [-0.3, -0.25) is 19.7 Å². The van der Waals surface area contributed by atoms with Crippen LogP contribution in [0.3, 0.4) is 0 Å². The van der Waals surface area contributed by atoms with E-state index in [1.54, 1.807) is 0 Å². The van der Waals surface area contributed by atoms with Crippen LogP contribution in [-0.2, 0) is 6.54 Å². The molecule has 116 valence electrons. The second-order valence-electron chi connectivity index (χ2n) is 6.23. The van der Waals surface area contributed by atoms with Gasteiger partial charge in [-0.2, -0.15) is 5.10 Å². The molecule has 1 saturated carbocycles. The molecule has 0 bridgehead atoms. The minimum atomic E-state index is -0.537. The molecule has 7 nitrogen and oxygen atoms in total. The smallest absolute Gasteiger partial charge is 0.306 e. The van der Waals surface area contributed by atoms with E-state index >= 15 is 0 Å². The Bertz CT molecular complexity index is 500. The highest BCUT2D eigenvalue weighted by Gasteiger charge is 2.35. The number of β-amino-alcohol motifs (C(OH)–C–C–N with tert-alkyl or cyclic N) is 1. The summed E-state index contributed by atoms with van der Waals surface area (Å²) in [6.07, 6.45) is 8.49. The van der Waals surface area contributed by atoms with Crippen molar-refractivity contribution in [2.75, 3.05) is 13.1 Å². The van der Waals surface area contributed by atoms with Crippen molar-refractivity contribution in [1.82, 2.24) is 14.7 Å². The highest BCUT2D eigenvalue weighted by Crippen LogP contribution is 2.37. The monoisotopic (exact) mass is 294 g/mol. The topological polar surface area (TPSA) is 84.4 Å². The summed E-state index contributed by atoms with van der Waals surface area (Å²) in [5, 5.41) is 24.8. The highest BCUT2D eigenvalue weighted by atomic mass is 16.6. The van der Waals surface area contributed by atoms with E-state index in [-0.39, 0.29) is 5.69 Å². The standard InChI is InChI=1S/C14H22N4O3/c19-13(10-17-8-12(7-15-17)18(20)21)9-16-6-2-5-14(16)11-3-1-4-11/h7-8,11,13-14,19H,1-6,9-10H2. The lowest BCUT2D eigenvalue weighted by Gasteiger charge is -2.37. The molecule has 0 radical (unpaired) electrons. The molecule has 21 heavy (non-hydrogen) atoms. The number of likely N-dealkylation sites (tertiary alicyclic amines) is 1. The summed E-state index contributed by atoms with van der Waals surface area (Å²) < 4.78 is 1.46. The van der Waals surface area contributed by atoms with E-state index in [1.807, 2.05) is 0 Å². The number of hydrogen-bond donors (Lipinski definition) is 1. The maximum Gasteiger partial charge on any atom is 0.306 e. The highest BCUT2D eigenvalue weighted by molar-refractivity contribution is 5.20. The van der Waals surface area contributed by atoms with Gasteiger partial charge in [0.05, 0.1) is 17.6 Å². The lowest BCUT2D eigenvalue weighted by atomic mass is 9.79. The molecule has 2 heterocycles. The van der Waals surface area contributed by atoms with E-state index in [9.17, 15) is 15.2 Å². The van der Waals surface area contributed by atoms with E-state index in [4.69, 9.17) is 0 Å². The van der Waals surface area contributed by atoms with Crippen LogP contribution in [0.2, 0.25) is 0 Å². The molecule has 7 heteroatoms. The Hall–Kier alpha value is -1.47. The van der Waals surface area contributed by atoms with Gasteiger partial charge in [-0.15, -0.1) is 0 Å². The number of aliphatic hydroxyl groups is 1. The number of rotatable bonds is 6. The van der Waals surface area contributed by atoms with Crippen LogP contribution in [0.5, 0.6) is 0 Å². The third-order valence-electron chi connectivity index (χ3n) is 4.78. The molecule has 1 aromatic rings. The molecule has 1 aromatic heterocycles. The molecule has 2 atom stereocenters. The fraction of sp³-hybridized carbons (Fsp3) is 0.786. The molecule has 1 N–H and O–H groups in total. The molecule has 0 amide bonds. The lowest BCUT2D eigenvalue weighted by molar-refractivity contribution is -0.385. The van der Waals surface area contributed by atoms with Crippen molar-refractivity contribution in [3.63, 3.8) is 0 Å². The van der Waals surface area contributed by atoms with Gasteiger partial charge >= 0.3 is 5.69 Å². The van der Waals surface area contributed by atoms with Crippen LogP contribution in [0.15, 0.2) is 12.4 Å². The number of aliphatic hydroxyl groups excluding tert-OH is 1.